The van der Waals surface area contributed by atoms with Crippen molar-refractivity contribution >= 4 is 11.6 Å². The molecule has 1 fully saturated rings. The predicted octanol–water partition coefficient (Wildman–Crippen LogP) is 1.69. The minimum atomic E-state index is -0.486. The van der Waals surface area contributed by atoms with E-state index in [2.05, 4.69) is 10.3 Å². The zero-order valence-electron chi connectivity index (χ0n) is 10.4. The molecule has 1 aromatic rings. The molecule has 2 heterocycles. The van der Waals surface area contributed by atoms with E-state index in [9.17, 15) is 4.79 Å². The van der Waals surface area contributed by atoms with E-state index in [-0.39, 0.29) is 5.78 Å². The van der Waals surface area contributed by atoms with Crippen molar-refractivity contribution in [2.75, 3.05) is 12.3 Å². The minimum absolute atomic E-state index is 0.0697. The van der Waals surface area contributed by atoms with E-state index in [0.717, 1.165) is 31.4 Å². The van der Waals surface area contributed by atoms with Gasteiger partial charge in [-0.25, -0.2) is 4.98 Å². The third-order valence-electron chi connectivity index (χ3n) is 3.54. The number of nitrogen functional groups attached to an aromatic ring is 1. The number of piperidine rings is 1. The van der Waals surface area contributed by atoms with Crippen molar-refractivity contribution in [2.45, 2.75) is 38.6 Å². The van der Waals surface area contributed by atoms with E-state index >= 15 is 0 Å². The number of rotatable bonds is 2. The fourth-order valence-electron chi connectivity index (χ4n) is 2.40. The summed E-state index contributed by atoms with van der Waals surface area (Å²) >= 11 is 0. The Hall–Kier alpha value is -1.42. The molecule has 0 aliphatic carbocycles. The summed E-state index contributed by atoms with van der Waals surface area (Å²) in [6, 6.07) is 1.83. The summed E-state index contributed by atoms with van der Waals surface area (Å²) in [4.78, 5) is 16.6. The molecule has 0 aromatic carbocycles. The van der Waals surface area contributed by atoms with Gasteiger partial charge in [-0.05, 0) is 51.3 Å². The number of carbonyl (C=O) groups is 1. The molecule has 4 heteroatoms. The molecule has 1 aromatic heterocycles. The van der Waals surface area contributed by atoms with Crippen LogP contribution in [0.1, 0.15) is 42.1 Å². The van der Waals surface area contributed by atoms with Gasteiger partial charge in [0.15, 0.2) is 5.78 Å². The standard InChI is InChI=1S/C13H19N3O/c1-9-5-8-15-12(14)10(9)11(17)13(2)6-3-4-7-16-13/h5,8,16H,3-4,6-7H2,1-2H3,(H2,14,15). The van der Waals surface area contributed by atoms with Gasteiger partial charge in [0.1, 0.15) is 5.82 Å². The molecule has 3 N–H and O–H groups in total. The number of nitrogens with two attached hydrogens (primary N) is 1. The molecule has 0 radical (unpaired) electrons. The third-order valence-corrected chi connectivity index (χ3v) is 3.54. The largest absolute Gasteiger partial charge is 0.383 e. The second-order valence-corrected chi connectivity index (χ2v) is 4.93. The van der Waals surface area contributed by atoms with Crippen molar-refractivity contribution in [3.05, 3.63) is 23.4 Å². The maximum Gasteiger partial charge on any atom is 0.186 e. The van der Waals surface area contributed by atoms with Crippen LogP contribution in [0.25, 0.3) is 0 Å². The number of anilines is 1. The summed E-state index contributed by atoms with van der Waals surface area (Å²) in [6.45, 7) is 4.75. The number of aromatic nitrogens is 1. The SMILES string of the molecule is Cc1ccnc(N)c1C(=O)C1(C)CCCCN1. The summed E-state index contributed by atoms with van der Waals surface area (Å²) in [5, 5.41) is 3.32. The van der Waals surface area contributed by atoms with Gasteiger partial charge in [-0.3, -0.25) is 4.79 Å². The molecule has 92 valence electrons. The van der Waals surface area contributed by atoms with Gasteiger partial charge in [-0.15, -0.1) is 0 Å². The highest BCUT2D eigenvalue weighted by atomic mass is 16.1. The molecule has 0 saturated carbocycles. The van der Waals surface area contributed by atoms with E-state index in [1.165, 1.54) is 0 Å². The molecule has 17 heavy (non-hydrogen) atoms. The van der Waals surface area contributed by atoms with Gasteiger partial charge in [0, 0.05) is 6.20 Å². The Balaban J connectivity index is 2.36. The number of hydrogen-bond donors (Lipinski definition) is 2. The average molecular weight is 233 g/mol. The molecular formula is C13H19N3O. The highest BCUT2D eigenvalue weighted by molar-refractivity contribution is 6.07. The quantitative estimate of drug-likeness (QED) is 0.763. The highest BCUT2D eigenvalue weighted by Crippen LogP contribution is 2.26. The molecule has 1 saturated heterocycles. The van der Waals surface area contributed by atoms with Crippen molar-refractivity contribution in [2.24, 2.45) is 0 Å². The zero-order chi connectivity index (χ0) is 12.5. The fourth-order valence-corrected chi connectivity index (χ4v) is 2.40. The van der Waals surface area contributed by atoms with E-state index < -0.39 is 5.54 Å². The number of hydrogen-bond acceptors (Lipinski definition) is 4. The Bertz CT molecular complexity index is 416. The lowest BCUT2D eigenvalue weighted by Crippen LogP contribution is -2.52. The van der Waals surface area contributed by atoms with Gasteiger partial charge in [0.25, 0.3) is 0 Å². The van der Waals surface area contributed by atoms with Gasteiger partial charge in [-0.2, -0.15) is 0 Å². The van der Waals surface area contributed by atoms with Crippen LogP contribution in [-0.4, -0.2) is 22.9 Å². The topological polar surface area (TPSA) is 68.0 Å². The molecular weight excluding hydrogens is 214 g/mol. The highest BCUT2D eigenvalue weighted by Gasteiger charge is 2.36. The van der Waals surface area contributed by atoms with Gasteiger partial charge in [0.05, 0.1) is 11.1 Å². The molecule has 1 aliphatic rings. The van der Waals surface area contributed by atoms with Crippen molar-refractivity contribution in [3.63, 3.8) is 0 Å². The number of nitrogens with one attached hydrogen (secondary N) is 1. The lowest BCUT2D eigenvalue weighted by Gasteiger charge is -2.34. The zero-order valence-corrected chi connectivity index (χ0v) is 10.4. The van der Waals surface area contributed by atoms with Gasteiger partial charge < -0.3 is 11.1 Å². The lowest BCUT2D eigenvalue weighted by molar-refractivity contribution is 0.0835. The van der Waals surface area contributed by atoms with Crippen LogP contribution in [0, 0.1) is 6.92 Å². The Morgan fingerprint density at radius 3 is 2.88 bits per heavy atom. The normalized spacial score (nSPS) is 24.6. The number of aryl methyl sites for hydroxylation is 1. The first-order valence-corrected chi connectivity index (χ1v) is 6.05. The predicted molar refractivity (Wildman–Crippen MR) is 68.0 cm³/mol. The summed E-state index contributed by atoms with van der Waals surface area (Å²) in [6.07, 6.45) is 4.70. The number of ketones is 1. The van der Waals surface area contributed by atoms with E-state index in [0.29, 0.717) is 11.4 Å². The summed E-state index contributed by atoms with van der Waals surface area (Å²) in [5.41, 5.74) is 6.81. The summed E-state index contributed by atoms with van der Waals surface area (Å²) in [7, 11) is 0. The molecule has 2 rings (SSSR count). The molecule has 4 nitrogen and oxygen atoms in total. The molecule has 0 amide bonds. The Morgan fingerprint density at radius 1 is 1.53 bits per heavy atom. The first-order valence-electron chi connectivity index (χ1n) is 6.05. The maximum absolute atomic E-state index is 12.6. The van der Waals surface area contributed by atoms with E-state index in [1.807, 2.05) is 19.9 Å². The van der Waals surface area contributed by atoms with Crippen LogP contribution in [0.15, 0.2) is 12.3 Å². The van der Waals surface area contributed by atoms with Crippen molar-refractivity contribution in [3.8, 4) is 0 Å². The Kier molecular flexibility index (Phi) is 3.15. The van der Waals surface area contributed by atoms with E-state index in [4.69, 9.17) is 5.73 Å². The molecule has 1 aliphatic heterocycles. The monoisotopic (exact) mass is 233 g/mol. The Morgan fingerprint density at radius 2 is 2.29 bits per heavy atom. The second kappa shape index (κ2) is 4.45. The smallest absolute Gasteiger partial charge is 0.186 e. The van der Waals surface area contributed by atoms with Crippen LogP contribution < -0.4 is 11.1 Å². The third kappa shape index (κ3) is 2.17. The number of carbonyl (C=O) groups excluding carboxylic acids is 1. The van der Waals surface area contributed by atoms with Crippen LogP contribution in [0.2, 0.25) is 0 Å². The first-order chi connectivity index (χ1) is 8.04. The molecule has 1 unspecified atom stereocenters. The number of nitrogens with zero attached hydrogens (tertiary/aromatic N) is 1. The Labute approximate surface area is 102 Å². The van der Waals surface area contributed by atoms with Gasteiger partial charge in [-0.1, -0.05) is 0 Å². The van der Waals surface area contributed by atoms with Crippen molar-refractivity contribution in [1.29, 1.82) is 0 Å². The van der Waals surface area contributed by atoms with Crippen LogP contribution in [0.4, 0.5) is 5.82 Å². The average Bonchev–Trinajstić information content (AvgIpc) is 2.29. The maximum atomic E-state index is 12.6. The van der Waals surface area contributed by atoms with Gasteiger partial charge >= 0.3 is 0 Å². The summed E-state index contributed by atoms with van der Waals surface area (Å²) < 4.78 is 0. The van der Waals surface area contributed by atoms with Crippen molar-refractivity contribution < 1.29 is 4.79 Å². The minimum Gasteiger partial charge on any atom is -0.383 e. The molecule has 0 spiro atoms. The lowest BCUT2D eigenvalue weighted by atomic mass is 9.83. The van der Waals surface area contributed by atoms with Crippen LogP contribution in [0.5, 0.6) is 0 Å². The second-order valence-electron chi connectivity index (χ2n) is 4.93. The van der Waals surface area contributed by atoms with Crippen LogP contribution in [-0.2, 0) is 0 Å². The van der Waals surface area contributed by atoms with Gasteiger partial charge in [0.2, 0.25) is 0 Å². The number of pyridine rings is 1. The fraction of sp³-hybridized carbons (Fsp3) is 0.538. The molecule has 1 atom stereocenters. The summed E-state index contributed by atoms with van der Waals surface area (Å²) in [5.74, 6) is 0.406. The molecule has 0 bridgehead atoms. The first kappa shape index (κ1) is 12.0. The van der Waals surface area contributed by atoms with Crippen molar-refractivity contribution in [1.82, 2.24) is 10.3 Å². The van der Waals surface area contributed by atoms with Crippen LogP contribution >= 0.6 is 0 Å². The van der Waals surface area contributed by atoms with E-state index in [1.54, 1.807) is 6.20 Å². The number of Topliss-reactive ketones (excluding diaryl/α,β-unsaturated/α-hetero) is 1. The van der Waals surface area contributed by atoms with Crippen LogP contribution in [0.3, 0.4) is 0 Å².